The van der Waals surface area contributed by atoms with Gasteiger partial charge in [0.15, 0.2) is 0 Å². The molecule has 115 valence electrons. The molecule has 0 heterocycles. The largest absolute Gasteiger partial charge is 2.00 e. The maximum Gasteiger partial charge on any atom is 2.00 e. The summed E-state index contributed by atoms with van der Waals surface area (Å²) in [5.74, 6) is 0. The van der Waals surface area contributed by atoms with E-state index in [2.05, 4.69) is 77.0 Å². The molecule has 2 unspecified atom stereocenters. The molecule has 0 aromatic carbocycles. The number of allylic oxidation sites excluding steroid dienone is 8. The van der Waals surface area contributed by atoms with Crippen LogP contribution in [0.2, 0.25) is 0 Å². The van der Waals surface area contributed by atoms with Gasteiger partial charge >= 0.3 is 18.6 Å². The number of rotatable bonds is 4. The van der Waals surface area contributed by atoms with E-state index in [-0.39, 0.29) is 34.4 Å². The van der Waals surface area contributed by atoms with Gasteiger partial charge in [-0.05, 0) is 38.0 Å². The second-order valence-corrected chi connectivity index (χ2v) is 11.2. The Kier molecular flexibility index (Phi) is 11.2. The van der Waals surface area contributed by atoms with Gasteiger partial charge in [-0.25, -0.2) is 23.3 Å². The minimum absolute atomic E-state index is 0. The van der Waals surface area contributed by atoms with Crippen molar-refractivity contribution in [3.63, 3.8) is 0 Å². The Bertz CT molecular complexity index is 377. The first kappa shape index (κ1) is 21.4. The molecule has 0 saturated heterocycles. The quantitative estimate of drug-likeness (QED) is 0.453. The molecule has 0 nitrogen and oxygen atoms in total. The second kappa shape index (κ2) is 11.0. The first-order valence-corrected chi connectivity index (χ1v) is 11.9. The first-order chi connectivity index (χ1) is 9.43. The molecule has 21 heavy (non-hydrogen) atoms. The van der Waals surface area contributed by atoms with Crippen molar-refractivity contribution < 1.29 is 18.6 Å². The first-order valence-electron chi connectivity index (χ1n) is 7.30. The summed E-state index contributed by atoms with van der Waals surface area (Å²) in [7, 11) is 0.353. The van der Waals surface area contributed by atoms with E-state index in [1.54, 1.807) is 0 Å². The van der Waals surface area contributed by atoms with Crippen molar-refractivity contribution in [3.05, 3.63) is 47.6 Å². The summed E-state index contributed by atoms with van der Waals surface area (Å²) < 4.78 is 0. The Morgan fingerprint density at radius 1 is 0.810 bits per heavy atom. The van der Waals surface area contributed by atoms with Crippen LogP contribution in [0, 0.1) is 12.2 Å². The third-order valence-corrected chi connectivity index (χ3v) is 7.55. The minimum Gasteiger partial charge on any atom is -0.269 e. The molecule has 0 aromatic heterocycles. The Labute approximate surface area is 146 Å². The predicted octanol–water partition coefficient (Wildman–Crippen LogP) is 5.61. The van der Waals surface area contributed by atoms with Crippen LogP contribution in [0.15, 0.2) is 35.5 Å². The van der Waals surface area contributed by atoms with E-state index < -0.39 is 0 Å². The predicted molar refractivity (Wildman–Crippen MR) is 97.5 cm³/mol. The van der Waals surface area contributed by atoms with Gasteiger partial charge in [0.1, 0.15) is 0 Å². The maximum atomic E-state index is 3.36. The molecule has 0 aliphatic heterocycles. The third kappa shape index (κ3) is 7.48. The van der Waals surface area contributed by atoms with Crippen molar-refractivity contribution in [3.8, 4) is 0 Å². The summed E-state index contributed by atoms with van der Waals surface area (Å²) in [5.41, 5.74) is 4.34. The third-order valence-electron chi connectivity index (χ3n) is 3.89. The van der Waals surface area contributed by atoms with Gasteiger partial charge in [0.05, 0.1) is 0 Å². The van der Waals surface area contributed by atoms with Crippen molar-refractivity contribution in [1.29, 1.82) is 0 Å². The van der Waals surface area contributed by atoms with E-state index in [1.807, 2.05) is 0 Å². The molecule has 2 rings (SSSR count). The summed E-state index contributed by atoms with van der Waals surface area (Å²) in [6.07, 6.45) is 17.6. The molecule has 2 aliphatic carbocycles. The molecule has 2 aliphatic rings. The van der Waals surface area contributed by atoms with Crippen LogP contribution in [-0.2, 0) is 18.6 Å². The molecule has 0 saturated carbocycles. The van der Waals surface area contributed by atoms with Crippen molar-refractivity contribution in [2.45, 2.75) is 38.0 Å². The molecule has 1 radical (unpaired) electrons. The Balaban J connectivity index is 0.000000364. The van der Waals surface area contributed by atoms with Crippen LogP contribution in [0.5, 0.6) is 0 Å². The van der Waals surface area contributed by atoms with Crippen LogP contribution in [0.3, 0.4) is 0 Å². The number of hydrogen-bond donors (Lipinski definition) is 0. The van der Waals surface area contributed by atoms with Gasteiger partial charge in [-0.3, -0.25) is 12.2 Å². The van der Waals surface area contributed by atoms with E-state index in [1.165, 1.54) is 11.1 Å². The van der Waals surface area contributed by atoms with E-state index in [9.17, 15) is 0 Å². The van der Waals surface area contributed by atoms with E-state index in [0.29, 0.717) is 0 Å². The fourth-order valence-corrected chi connectivity index (χ4v) is 3.44. The summed E-state index contributed by atoms with van der Waals surface area (Å²) in [6.45, 7) is 13.9. The number of hydrogen-bond acceptors (Lipinski definition) is 0. The monoisotopic (exact) mass is 357 g/mol. The van der Waals surface area contributed by atoms with E-state index >= 15 is 0 Å². The van der Waals surface area contributed by atoms with Crippen LogP contribution in [0.25, 0.3) is 0 Å². The molecule has 0 aromatic rings. The molecular weight excluding hydrogens is 329 g/mol. The van der Waals surface area contributed by atoms with Gasteiger partial charge in [0.25, 0.3) is 0 Å². The summed E-state index contributed by atoms with van der Waals surface area (Å²) in [4.78, 5) is 0. The normalized spacial score (nSPS) is 18.9. The Morgan fingerprint density at radius 3 is 1.33 bits per heavy atom. The molecular formula is C18H28P2V. The fourth-order valence-electron chi connectivity index (χ4n) is 1.97. The zero-order valence-electron chi connectivity index (χ0n) is 14.2. The van der Waals surface area contributed by atoms with Crippen molar-refractivity contribution >= 4 is 15.8 Å². The van der Waals surface area contributed by atoms with E-state index in [4.69, 9.17) is 0 Å². The summed E-state index contributed by atoms with van der Waals surface area (Å²) >= 11 is 0. The molecule has 2 atom stereocenters. The smallest absolute Gasteiger partial charge is 0.269 e. The fraction of sp³-hybridized carbons (Fsp3) is 0.556. The molecule has 0 spiro atoms. The summed E-state index contributed by atoms with van der Waals surface area (Å²) in [5, 5.41) is 0. The van der Waals surface area contributed by atoms with Gasteiger partial charge in [-0.15, -0.1) is 28.7 Å². The molecule has 0 bridgehead atoms. The molecule has 0 N–H and O–H groups in total. The Morgan fingerprint density at radius 2 is 1.14 bits per heavy atom. The topological polar surface area (TPSA) is 0 Å². The SMILES string of the molecule is CC(C1=[C-]CC=C1)P(C)C.CC(C1=[C-]CC=C1)P(C)C.[V+2]. The molecule has 0 fully saturated rings. The van der Waals surface area contributed by atoms with Gasteiger partial charge in [-0.1, -0.05) is 13.8 Å². The summed E-state index contributed by atoms with van der Waals surface area (Å²) in [6, 6.07) is 0. The van der Waals surface area contributed by atoms with Gasteiger partial charge in [0.2, 0.25) is 0 Å². The van der Waals surface area contributed by atoms with Crippen molar-refractivity contribution in [1.82, 2.24) is 0 Å². The van der Waals surface area contributed by atoms with Crippen LogP contribution >= 0.6 is 15.8 Å². The Hall–Kier alpha value is 0.404. The van der Waals surface area contributed by atoms with Crippen LogP contribution in [0.4, 0.5) is 0 Å². The average Bonchev–Trinajstić information content (AvgIpc) is 3.10. The van der Waals surface area contributed by atoms with Gasteiger partial charge in [0, 0.05) is 0 Å². The van der Waals surface area contributed by atoms with Gasteiger partial charge in [-0.2, -0.15) is 12.2 Å². The minimum atomic E-state index is 0. The van der Waals surface area contributed by atoms with Crippen molar-refractivity contribution in [2.75, 3.05) is 26.7 Å². The standard InChI is InChI=1S/2C9H14P.V/c2*1-8(10(2)3)9-6-4-5-7-9;/h2*4,6,8H,5H2,1-3H3;/q2*-1;+2. The van der Waals surface area contributed by atoms with Gasteiger partial charge < -0.3 is 0 Å². The average molecular weight is 357 g/mol. The molecule has 0 amide bonds. The maximum absolute atomic E-state index is 3.36. The van der Waals surface area contributed by atoms with E-state index in [0.717, 1.165) is 24.2 Å². The second-order valence-electron chi connectivity index (χ2n) is 5.76. The van der Waals surface area contributed by atoms with Crippen LogP contribution in [-0.4, -0.2) is 38.0 Å². The molecule has 3 heteroatoms. The zero-order chi connectivity index (χ0) is 15.1. The van der Waals surface area contributed by atoms with Crippen LogP contribution in [0.1, 0.15) is 26.7 Å². The van der Waals surface area contributed by atoms with Crippen molar-refractivity contribution in [2.24, 2.45) is 0 Å². The zero-order valence-corrected chi connectivity index (χ0v) is 17.4. The van der Waals surface area contributed by atoms with Crippen LogP contribution < -0.4 is 0 Å².